The van der Waals surface area contributed by atoms with Crippen molar-refractivity contribution in [2.24, 2.45) is 0 Å². The molecule has 0 bridgehead atoms. The molecule has 0 unspecified atom stereocenters. The van der Waals surface area contributed by atoms with E-state index in [0.29, 0.717) is 6.54 Å². The number of fused-ring (bicyclic) bond motifs is 1. The molecule has 4 heteroatoms. The van der Waals surface area contributed by atoms with Gasteiger partial charge in [-0.15, -0.1) is 0 Å². The number of urea groups is 1. The van der Waals surface area contributed by atoms with Crippen LogP contribution in [0.3, 0.4) is 0 Å². The molecular formula is C23H29N3O. The van der Waals surface area contributed by atoms with Crippen LogP contribution in [0.15, 0.2) is 54.6 Å². The van der Waals surface area contributed by atoms with Crippen molar-refractivity contribution >= 4 is 28.3 Å². The molecule has 3 aromatic rings. The Morgan fingerprint density at radius 1 is 0.963 bits per heavy atom. The van der Waals surface area contributed by atoms with E-state index in [2.05, 4.69) is 36.3 Å². The molecule has 0 atom stereocenters. The number of benzene rings is 2. The summed E-state index contributed by atoms with van der Waals surface area (Å²) in [6.07, 6.45) is 5.15. The van der Waals surface area contributed by atoms with E-state index in [1.807, 2.05) is 47.4 Å². The fraction of sp³-hybridized carbons (Fsp3) is 0.348. The average molecular weight is 364 g/mol. The van der Waals surface area contributed by atoms with Crippen LogP contribution in [0.25, 0.3) is 10.9 Å². The van der Waals surface area contributed by atoms with Crippen molar-refractivity contribution in [1.82, 2.24) is 10.3 Å². The van der Waals surface area contributed by atoms with Crippen LogP contribution in [0, 0.1) is 0 Å². The Labute approximate surface area is 161 Å². The average Bonchev–Trinajstić information content (AvgIpc) is 3.06. The number of rotatable bonds is 8. The normalized spacial score (nSPS) is 10.9. The maximum atomic E-state index is 13.2. The zero-order valence-electron chi connectivity index (χ0n) is 16.3. The van der Waals surface area contributed by atoms with Gasteiger partial charge in [-0.2, -0.15) is 0 Å². The molecule has 0 fully saturated rings. The minimum atomic E-state index is -0.0721. The van der Waals surface area contributed by atoms with Gasteiger partial charge in [0.2, 0.25) is 0 Å². The number of nitrogens with zero attached hydrogens (tertiary/aromatic N) is 1. The van der Waals surface area contributed by atoms with Crippen LogP contribution < -0.4 is 10.2 Å². The molecule has 2 amide bonds. The molecule has 0 aliphatic heterocycles. The highest BCUT2D eigenvalue weighted by Gasteiger charge is 2.24. The number of hydrogen-bond donors (Lipinski definition) is 2. The molecule has 0 saturated heterocycles. The van der Waals surface area contributed by atoms with Gasteiger partial charge in [0.25, 0.3) is 0 Å². The van der Waals surface area contributed by atoms with Crippen LogP contribution >= 0.6 is 0 Å². The Morgan fingerprint density at radius 2 is 1.67 bits per heavy atom. The first-order chi connectivity index (χ1) is 13.3. The van der Waals surface area contributed by atoms with Crippen molar-refractivity contribution in [2.45, 2.75) is 46.0 Å². The number of carbonyl (C=O) groups excluding carboxylic acids is 1. The Balaban J connectivity index is 2.09. The number of carbonyl (C=O) groups is 1. The van der Waals surface area contributed by atoms with Gasteiger partial charge in [0, 0.05) is 23.1 Å². The molecule has 0 saturated carbocycles. The van der Waals surface area contributed by atoms with E-state index in [4.69, 9.17) is 0 Å². The molecule has 0 radical (unpaired) electrons. The number of aromatic amines is 1. The Morgan fingerprint density at radius 3 is 2.41 bits per heavy atom. The summed E-state index contributed by atoms with van der Waals surface area (Å²) in [5.74, 6) is 0. The zero-order chi connectivity index (χ0) is 19.1. The smallest absolute Gasteiger partial charge is 0.326 e. The van der Waals surface area contributed by atoms with Crippen molar-refractivity contribution in [3.05, 3.63) is 60.3 Å². The van der Waals surface area contributed by atoms with Gasteiger partial charge in [-0.3, -0.25) is 4.90 Å². The number of amides is 2. The fourth-order valence-electron chi connectivity index (χ4n) is 3.35. The Kier molecular flexibility index (Phi) is 6.53. The number of hydrogen-bond acceptors (Lipinski definition) is 1. The predicted octanol–water partition coefficient (Wildman–Crippen LogP) is 6.16. The van der Waals surface area contributed by atoms with E-state index in [1.165, 1.54) is 0 Å². The highest BCUT2D eigenvalue weighted by Crippen LogP contribution is 2.36. The first kappa shape index (κ1) is 19.0. The van der Waals surface area contributed by atoms with Gasteiger partial charge in [-0.1, -0.05) is 63.1 Å². The molecule has 4 nitrogen and oxygen atoms in total. The lowest BCUT2D eigenvalue weighted by Crippen LogP contribution is -2.37. The molecule has 1 heterocycles. The molecule has 0 aliphatic carbocycles. The molecule has 142 valence electrons. The standard InChI is InChI=1S/C23H29N3O/c1-3-5-15-21-22(19-14-10-11-16-20(19)25-21)26(18-12-8-7-9-13-18)23(27)24-17-6-4-2/h7-14,16,25H,3-6,15,17H2,1-2H3,(H,24,27). The molecule has 0 aliphatic rings. The minimum Gasteiger partial charge on any atom is -0.357 e. The summed E-state index contributed by atoms with van der Waals surface area (Å²) >= 11 is 0. The van der Waals surface area contributed by atoms with Crippen LogP contribution in [0.1, 0.15) is 45.2 Å². The largest absolute Gasteiger partial charge is 0.357 e. The van der Waals surface area contributed by atoms with E-state index in [9.17, 15) is 4.79 Å². The van der Waals surface area contributed by atoms with E-state index in [0.717, 1.165) is 60.1 Å². The molecule has 3 rings (SSSR count). The number of anilines is 2. The van der Waals surface area contributed by atoms with Gasteiger partial charge in [0.15, 0.2) is 0 Å². The highest BCUT2D eigenvalue weighted by atomic mass is 16.2. The van der Waals surface area contributed by atoms with Gasteiger partial charge in [0.1, 0.15) is 0 Å². The van der Waals surface area contributed by atoms with Gasteiger partial charge in [-0.25, -0.2) is 4.79 Å². The molecule has 27 heavy (non-hydrogen) atoms. The summed E-state index contributed by atoms with van der Waals surface area (Å²) in [6, 6.07) is 18.1. The molecule has 2 N–H and O–H groups in total. The number of nitrogens with one attached hydrogen (secondary N) is 2. The number of aromatic nitrogens is 1. The third-order valence-corrected chi connectivity index (χ3v) is 4.78. The van der Waals surface area contributed by atoms with E-state index in [1.54, 1.807) is 0 Å². The quantitative estimate of drug-likeness (QED) is 0.463. The van der Waals surface area contributed by atoms with Crippen LogP contribution in [0.4, 0.5) is 16.2 Å². The maximum Gasteiger partial charge on any atom is 0.326 e. The second-order valence-electron chi connectivity index (χ2n) is 6.86. The van der Waals surface area contributed by atoms with Gasteiger partial charge >= 0.3 is 6.03 Å². The molecular weight excluding hydrogens is 334 g/mol. The monoisotopic (exact) mass is 363 g/mol. The fourth-order valence-corrected chi connectivity index (χ4v) is 3.35. The number of H-pyrrole nitrogens is 1. The van der Waals surface area contributed by atoms with Crippen LogP contribution in [0.5, 0.6) is 0 Å². The lowest BCUT2D eigenvalue weighted by molar-refractivity contribution is 0.248. The minimum absolute atomic E-state index is 0.0721. The van der Waals surface area contributed by atoms with Crippen molar-refractivity contribution in [3.8, 4) is 0 Å². The maximum absolute atomic E-state index is 13.2. The first-order valence-corrected chi connectivity index (χ1v) is 9.98. The predicted molar refractivity (Wildman–Crippen MR) is 114 cm³/mol. The van der Waals surface area contributed by atoms with E-state index in [-0.39, 0.29) is 6.03 Å². The van der Waals surface area contributed by atoms with Crippen molar-refractivity contribution in [1.29, 1.82) is 0 Å². The Bertz CT molecular complexity index is 870. The summed E-state index contributed by atoms with van der Waals surface area (Å²) in [7, 11) is 0. The van der Waals surface area contributed by atoms with E-state index >= 15 is 0 Å². The lowest BCUT2D eigenvalue weighted by Gasteiger charge is -2.24. The van der Waals surface area contributed by atoms with Crippen LogP contribution in [0.2, 0.25) is 0 Å². The third-order valence-electron chi connectivity index (χ3n) is 4.78. The van der Waals surface area contributed by atoms with Gasteiger partial charge < -0.3 is 10.3 Å². The summed E-state index contributed by atoms with van der Waals surface area (Å²) in [6.45, 7) is 5.00. The molecule has 2 aromatic carbocycles. The second-order valence-corrected chi connectivity index (χ2v) is 6.86. The summed E-state index contributed by atoms with van der Waals surface area (Å²) in [5, 5.41) is 4.17. The van der Waals surface area contributed by atoms with Crippen LogP contribution in [-0.2, 0) is 6.42 Å². The topological polar surface area (TPSA) is 48.1 Å². The summed E-state index contributed by atoms with van der Waals surface area (Å²) in [4.78, 5) is 18.6. The summed E-state index contributed by atoms with van der Waals surface area (Å²) in [5.41, 5.74) is 4.04. The lowest BCUT2D eigenvalue weighted by atomic mass is 10.1. The Hall–Kier alpha value is -2.75. The van der Waals surface area contributed by atoms with Gasteiger partial charge in [0.05, 0.1) is 11.4 Å². The van der Waals surface area contributed by atoms with Crippen molar-refractivity contribution in [3.63, 3.8) is 0 Å². The van der Waals surface area contributed by atoms with Crippen LogP contribution in [-0.4, -0.2) is 17.6 Å². The van der Waals surface area contributed by atoms with E-state index < -0.39 is 0 Å². The van der Waals surface area contributed by atoms with Gasteiger partial charge in [-0.05, 0) is 37.5 Å². The van der Waals surface area contributed by atoms with Crippen molar-refractivity contribution < 1.29 is 4.79 Å². The molecule has 0 spiro atoms. The number of unbranched alkanes of at least 4 members (excludes halogenated alkanes) is 2. The molecule has 1 aromatic heterocycles. The summed E-state index contributed by atoms with van der Waals surface area (Å²) < 4.78 is 0. The zero-order valence-corrected chi connectivity index (χ0v) is 16.3. The number of aryl methyl sites for hydroxylation is 1. The first-order valence-electron chi connectivity index (χ1n) is 9.98. The number of para-hydroxylation sites is 2. The second kappa shape index (κ2) is 9.26. The van der Waals surface area contributed by atoms with Crippen molar-refractivity contribution in [2.75, 3.05) is 11.4 Å². The highest BCUT2D eigenvalue weighted by molar-refractivity contribution is 6.08. The SMILES string of the molecule is CCCCNC(=O)N(c1ccccc1)c1c(CCCC)[nH]c2ccccc12. The third kappa shape index (κ3) is 4.33.